The molecule has 0 bridgehead atoms. The van der Waals surface area contributed by atoms with Crippen LogP contribution >= 0.6 is 0 Å². The number of hydrogen-bond acceptors (Lipinski definition) is 2. The van der Waals surface area contributed by atoms with Crippen LogP contribution in [0, 0.1) is 23.7 Å². The topological polar surface area (TPSA) is 44.1 Å². The highest BCUT2D eigenvalue weighted by Gasteiger charge is 2.39. The first-order chi connectivity index (χ1) is 9.52. The van der Waals surface area contributed by atoms with Crippen molar-refractivity contribution >= 4 is 11.6 Å². The zero-order valence-electron chi connectivity index (χ0n) is 12.9. The van der Waals surface area contributed by atoms with Crippen LogP contribution in [0.5, 0.6) is 0 Å². The average molecular weight is 272 g/mol. The number of rotatable bonds is 6. The molecule has 0 saturated carbocycles. The van der Waals surface area contributed by atoms with Crippen LogP contribution in [-0.4, -0.2) is 13.0 Å². The number of benzene rings is 1. The molecule has 0 aliphatic carbocycles. The predicted octanol–water partition coefficient (Wildman–Crippen LogP) is 4.07. The van der Waals surface area contributed by atoms with E-state index < -0.39 is 5.41 Å². The Morgan fingerprint density at radius 1 is 1.25 bits per heavy atom. The molecule has 0 unspecified atom stereocenters. The molecule has 0 radical (unpaired) electrons. The molecule has 1 aromatic carbocycles. The Bertz CT molecular complexity index is 496. The van der Waals surface area contributed by atoms with Crippen LogP contribution in [0.25, 0.3) is 0 Å². The fourth-order valence-corrected chi connectivity index (χ4v) is 2.72. The summed E-state index contributed by atoms with van der Waals surface area (Å²) in [5.41, 5.74) is 1.04. The lowest BCUT2D eigenvalue weighted by molar-refractivity contribution is -0.125. The normalized spacial score (nSPS) is 10.9. The Morgan fingerprint density at radius 2 is 1.80 bits per heavy atom. The molecule has 0 saturated heterocycles. The Labute approximate surface area is 122 Å². The van der Waals surface area contributed by atoms with E-state index in [1.807, 2.05) is 45.0 Å². The van der Waals surface area contributed by atoms with Gasteiger partial charge >= 0.3 is 0 Å². The summed E-state index contributed by atoms with van der Waals surface area (Å²) >= 11 is 0. The molecule has 0 aliphatic rings. The van der Waals surface area contributed by atoms with Crippen molar-refractivity contribution in [1.82, 2.24) is 0 Å². The Morgan fingerprint density at radius 3 is 2.25 bits per heavy atom. The van der Waals surface area contributed by atoms with Crippen LogP contribution in [0.4, 0.5) is 5.69 Å². The van der Waals surface area contributed by atoms with E-state index in [1.54, 1.807) is 11.9 Å². The molecule has 0 aliphatic heterocycles. The molecule has 0 heterocycles. The lowest BCUT2D eigenvalue weighted by Gasteiger charge is -2.30. The number of para-hydroxylation sites is 1. The average Bonchev–Trinajstić information content (AvgIpc) is 2.46. The van der Waals surface area contributed by atoms with E-state index in [0.717, 1.165) is 24.1 Å². The van der Waals surface area contributed by atoms with Crippen LogP contribution in [0.3, 0.4) is 0 Å². The van der Waals surface area contributed by atoms with Gasteiger partial charge in [0, 0.05) is 12.7 Å². The van der Waals surface area contributed by atoms with Gasteiger partial charge in [0.1, 0.15) is 5.41 Å². The lowest BCUT2D eigenvalue weighted by Crippen LogP contribution is -2.41. The van der Waals surface area contributed by atoms with Crippen LogP contribution in [-0.2, 0) is 4.79 Å². The van der Waals surface area contributed by atoms with Crippen molar-refractivity contribution in [1.29, 1.82) is 5.26 Å². The number of anilines is 1. The first-order valence-electron chi connectivity index (χ1n) is 7.27. The van der Waals surface area contributed by atoms with Crippen molar-refractivity contribution in [3.63, 3.8) is 0 Å². The summed E-state index contributed by atoms with van der Waals surface area (Å²) in [4.78, 5) is 14.5. The maximum atomic E-state index is 12.8. The standard InChI is InChI=1S/C17H24N2O/c1-5-11-17(13-18,12-6-2)16(20)19(4)15-10-8-7-9-14(15)3/h7-10H,5-6,11-12H2,1-4H3. The fraction of sp³-hybridized carbons (Fsp3) is 0.529. The molecular formula is C17H24N2O. The van der Waals surface area contributed by atoms with Gasteiger partial charge in [-0.05, 0) is 31.4 Å². The first kappa shape index (κ1) is 16.2. The highest BCUT2D eigenvalue weighted by molar-refractivity contribution is 5.99. The third kappa shape index (κ3) is 3.19. The van der Waals surface area contributed by atoms with Gasteiger partial charge in [-0.15, -0.1) is 0 Å². The number of nitrogens with zero attached hydrogens (tertiary/aromatic N) is 2. The number of aryl methyl sites for hydroxylation is 1. The minimum absolute atomic E-state index is 0.0852. The zero-order chi connectivity index (χ0) is 15.2. The molecule has 20 heavy (non-hydrogen) atoms. The second-order valence-electron chi connectivity index (χ2n) is 5.34. The number of carbonyl (C=O) groups excluding carboxylic acids is 1. The van der Waals surface area contributed by atoms with Crippen molar-refractivity contribution in [2.45, 2.75) is 46.5 Å². The monoisotopic (exact) mass is 272 g/mol. The van der Waals surface area contributed by atoms with E-state index in [9.17, 15) is 10.1 Å². The highest BCUT2D eigenvalue weighted by Crippen LogP contribution is 2.33. The zero-order valence-corrected chi connectivity index (χ0v) is 12.9. The Hall–Kier alpha value is -1.82. The summed E-state index contributed by atoms with van der Waals surface area (Å²) in [7, 11) is 1.77. The SMILES string of the molecule is CCCC(C#N)(CCC)C(=O)N(C)c1ccccc1C. The largest absolute Gasteiger partial charge is 0.314 e. The van der Waals surface area contributed by atoms with Crippen molar-refractivity contribution in [3.05, 3.63) is 29.8 Å². The van der Waals surface area contributed by atoms with Gasteiger partial charge in [0.25, 0.3) is 0 Å². The van der Waals surface area contributed by atoms with E-state index in [4.69, 9.17) is 0 Å². The summed E-state index contributed by atoms with van der Waals surface area (Å²) < 4.78 is 0. The molecule has 3 heteroatoms. The Kier molecular flexibility index (Phi) is 5.76. The van der Waals surface area contributed by atoms with E-state index in [1.165, 1.54) is 0 Å². The third-order valence-corrected chi connectivity index (χ3v) is 3.76. The van der Waals surface area contributed by atoms with Crippen LogP contribution in [0.15, 0.2) is 24.3 Å². The molecule has 0 spiro atoms. The van der Waals surface area contributed by atoms with Gasteiger partial charge in [-0.3, -0.25) is 4.79 Å². The summed E-state index contributed by atoms with van der Waals surface area (Å²) in [5, 5.41) is 9.58. The molecule has 0 aromatic heterocycles. The van der Waals surface area contributed by atoms with Gasteiger partial charge in [0.15, 0.2) is 0 Å². The molecular weight excluding hydrogens is 248 g/mol. The smallest absolute Gasteiger partial charge is 0.247 e. The van der Waals surface area contributed by atoms with Crippen molar-refractivity contribution < 1.29 is 4.79 Å². The first-order valence-corrected chi connectivity index (χ1v) is 7.27. The molecule has 3 nitrogen and oxygen atoms in total. The number of carbonyl (C=O) groups is 1. The summed E-state index contributed by atoms with van der Waals surface area (Å²) in [6.45, 7) is 6.01. The van der Waals surface area contributed by atoms with Gasteiger partial charge < -0.3 is 4.90 Å². The quantitative estimate of drug-likeness (QED) is 0.783. The summed E-state index contributed by atoms with van der Waals surface area (Å²) in [6, 6.07) is 10.1. The Balaban J connectivity index is 3.13. The van der Waals surface area contributed by atoms with Crippen LogP contribution < -0.4 is 4.90 Å². The predicted molar refractivity (Wildman–Crippen MR) is 82.5 cm³/mol. The molecule has 0 N–H and O–H groups in total. The molecule has 0 fully saturated rings. The summed E-state index contributed by atoms with van der Waals surface area (Å²) in [6.07, 6.45) is 2.90. The van der Waals surface area contributed by atoms with E-state index in [0.29, 0.717) is 12.8 Å². The van der Waals surface area contributed by atoms with E-state index in [2.05, 4.69) is 6.07 Å². The maximum Gasteiger partial charge on any atom is 0.247 e. The molecule has 1 amide bonds. The van der Waals surface area contributed by atoms with Gasteiger partial charge in [0.05, 0.1) is 6.07 Å². The highest BCUT2D eigenvalue weighted by atomic mass is 16.2. The number of nitriles is 1. The lowest BCUT2D eigenvalue weighted by atomic mass is 9.79. The minimum atomic E-state index is -0.888. The van der Waals surface area contributed by atoms with Crippen molar-refractivity contribution in [3.8, 4) is 6.07 Å². The van der Waals surface area contributed by atoms with E-state index >= 15 is 0 Å². The number of hydrogen-bond donors (Lipinski definition) is 0. The third-order valence-electron chi connectivity index (χ3n) is 3.76. The second kappa shape index (κ2) is 7.09. The molecule has 1 rings (SSSR count). The van der Waals surface area contributed by atoms with Gasteiger partial charge in [-0.1, -0.05) is 44.9 Å². The maximum absolute atomic E-state index is 12.8. The second-order valence-corrected chi connectivity index (χ2v) is 5.34. The van der Waals surface area contributed by atoms with Crippen molar-refractivity contribution in [2.75, 3.05) is 11.9 Å². The minimum Gasteiger partial charge on any atom is -0.314 e. The van der Waals surface area contributed by atoms with Crippen LogP contribution in [0.1, 0.15) is 45.1 Å². The van der Waals surface area contributed by atoms with Gasteiger partial charge in [-0.2, -0.15) is 5.26 Å². The molecule has 1 aromatic rings. The molecule has 0 atom stereocenters. The van der Waals surface area contributed by atoms with Gasteiger partial charge in [-0.25, -0.2) is 0 Å². The fourth-order valence-electron chi connectivity index (χ4n) is 2.72. The van der Waals surface area contributed by atoms with Crippen molar-refractivity contribution in [2.24, 2.45) is 5.41 Å². The molecule has 108 valence electrons. The van der Waals surface area contributed by atoms with Crippen LogP contribution in [0.2, 0.25) is 0 Å². The summed E-state index contributed by atoms with van der Waals surface area (Å²) in [5.74, 6) is -0.0852. The van der Waals surface area contributed by atoms with E-state index in [-0.39, 0.29) is 5.91 Å². The van der Waals surface area contributed by atoms with Gasteiger partial charge in [0.2, 0.25) is 5.91 Å². The number of amides is 1.